The minimum Gasteiger partial charge on any atom is -0.489 e. The Balaban J connectivity index is 1.78. The van der Waals surface area contributed by atoms with Crippen molar-refractivity contribution in [2.75, 3.05) is 0 Å². The number of nitrogens with two attached hydrogens (primary N) is 1. The molecule has 7 heteroatoms. The maximum atomic E-state index is 12.9. The van der Waals surface area contributed by atoms with E-state index < -0.39 is 23.8 Å². The molecule has 2 N–H and O–H groups in total. The average Bonchev–Trinajstić information content (AvgIpc) is 2.60. The molecule has 2 aromatic rings. The Hall–Kier alpha value is -3.22. The van der Waals surface area contributed by atoms with Crippen molar-refractivity contribution in [3.8, 4) is 5.75 Å². The van der Waals surface area contributed by atoms with Gasteiger partial charge in [0.1, 0.15) is 24.2 Å². The van der Waals surface area contributed by atoms with Gasteiger partial charge < -0.3 is 10.5 Å². The normalized spacial score (nSPS) is 14.8. The molecule has 0 saturated carbocycles. The third-order valence-electron chi connectivity index (χ3n) is 4.25. The van der Waals surface area contributed by atoms with Crippen LogP contribution in [0, 0.1) is 5.82 Å². The maximum Gasteiger partial charge on any atom is 0.261 e. The van der Waals surface area contributed by atoms with Gasteiger partial charge >= 0.3 is 0 Å². The van der Waals surface area contributed by atoms with Crippen LogP contribution in [-0.4, -0.2) is 28.7 Å². The molecule has 0 radical (unpaired) electrons. The van der Waals surface area contributed by atoms with Crippen molar-refractivity contribution >= 4 is 17.7 Å². The number of rotatable bonds is 5. The standard InChI is InChI=1S/C19H17FN2O4/c1-11(18(21)24)22-17(23)9-13-8-15(6-7-16(13)19(22)25)26-10-12-2-4-14(20)5-3-12/h2-8,11H,9-10H2,1H3,(H2,21,24)/t11-/m0/s1. The van der Waals surface area contributed by atoms with Gasteiger partial charge in [0, 0.05) is 5.56 Å². The number of benzene rings is 2. The Labute approximate surface area is 149 Å². The number of hydrogen-bond acceptors (Lipinski definition) is 4. The number of primary amides is 1. The molecule has 0 aliphatic carbocycles. The Morgan fingerprint density at radius 1 is 1.23 bits per heavy atom. The Morgan fingerprint density at radius 2 is 1.92 bits per heavy atom. The third-order valence-corrected chi connectivity index (χ3v) is 4.25. The van der Waals surface area contributed by atoms with Gasteiger partial charge in [-0.15, -0.1) is 0 Å². The molecule has 0 spiro atoms. The predicted molar refractivity (Wildman–Crippen MR) is 90.7 cm³/mol. The van der Waals surface area contributed by atoms with E-state index >= 15 is 0 Å². The SMILES string of the molecule is C[C@@H](C(N)=O)N1C(=O)Cc2cc(OCc3ccc(F)cc3)ccc2C1=O. The number of imide groups is 1. The van der Waals surface area contributed by atoms with Crippen molar-refractivity contribution in [3.63, 3.8) is 0 Å². The molecule has 134 valence electrons. The topological polar surface area (TPSA) is 89.7 Å². The van der Waals surface area contributed by atoms with Gasteiger partial charge in [0.15, 0.2) is 0 Å². The number of carbonyl (C=O) groups excluding carboxylic acids is 3. The fourth-order valence-corrected chi connectivity index (χ4v) is 2.77. The highest BCUT2D eigenvalue weighted by atomic mass is 19.1. The number of hydrogen-bond donors (Lipinski definition) is 1. The van der Waals surface area contributed by atoms with E-state index in [1.165, 1.54) is 19.1 Å². The van der Waals surface area contributed by atoms with Crippen LogP contribution in [0.4, 0.5) is 4.39 Å². The summed E-state index contributed by atoms with van der Waals surface area (Å²) in [5.74, 6) is -1.61. The van der Waals surface area contributed by atoms with E-state index in [-0.39, 0.29) is 18.8 Å². The second kappa shape index (κ2) is 6.95. The summed E-state index contributed by atoms with van der Waals surface area (Å²) < 4.78 is 18.6. The molecule has 3 amide bonds. The Morgan fingerprint density at radius 3 is 2.58 bits per heavy atom. The van der Waals surface area contributed by atoms with Gasteiger partial charge in [-0.05, 0) is 48.4 Å². The van der Waals surface area contributed by atoms with E-state index in [1.54, 1.807) is 30.3 Å². The third kappa shape index (κ3) is 3.42. The molecule has 0 fully saturated rings. The zero-order valence-electron chi connectivity index (χ0n) is 14.1. The fourth-order valence-electron chi connectivity index (χ4n) is 2.77. The molecular formula is C19H17FN2O4. The Bertz CT molecular complexity index is 880. The summed E-state index contributed by atoms with van der Waals surface area (Å²) in [7, 11) is 0. The van der Waals surface area contributed by atoms with Crippen LogP contribution in [0.1, 0.15) is 28.4 Å². The monoisotopic (exact) mass is 356 g/mol. The lowest BCUT2D eigenvalue weighted by Gasteiger charge is -2.30. The van der Waals surface area contributed by atoms with Crippen LogP contribution in [0.25, 0.3) is 0 Å². The van der Waals surface area contributed by atoms with Crippen molar-refractivity contribution in [1.82, 2.24) is 4.90 Å². The predicted octanol–water partition coefficient (Wildman–Crippen LogP) is 1.80. The number of ether oxygens (including phenoxy) is 1. The minimum atomic E-state index is -1.00. The second-order valence-corrected chi connectivity index (χ2v) is 6.06. The summed E-state index contributed by atoms with van der Waals surface area (Å²) in [6, 6.07) is 9.72. The van der Waals surface area contributed by atoms with Crippen molar-refractivity contribution < 1.29 is 23.5 Å². The summed E-state index contributed by atoms with van der Waals surface area (Å²) >= 11 is 0. The first kappa shape index (κ1) is 17.6. The minimum absolute atomic E-state index is 0.0214. The van der Waals surface area contributed by atoms with Crippen LogP contribution in [0.2, 0.25) is 0 Å². The number of halogens is 1. The molecule has 0 bridgehead atoms. The zero-order chi connectivity index (χ0) is 18.8. The molecule has 0 unspecified atom stereocenters. The van der Waals surface area contributed by atoms with Gasteiger partial charge in [-0.2, -0.15) is 0 Å². The van der Waals surface area contributed by atoms with Crippen LogP contribution in [0.15, 0.2) is 42.5 Å². The molecule has 1 aliphatic heterocycles. The first-order valence-electron chi connectivity index (χ1n) is 8.02. The van der Waals surface area contributed by atoms with E-state index in [0.717, 1.165) is 10.5 Å². The summed E-state index contributed by atoms with van der Waals surface area (Å²) in [6.07, 6.45) is -0.0214. The molecule has 1 aliphatic rings. The molecule has 1 atom stereocenters. The highest BCUT2D eigenvalue weighted by Crippen LogP contribution is 2.26. The van der Waals surface area contributed by atoms with Gasteiger partial charge in [-0.25, -0.2) is 4.39 Å². The first-order valence-corrected chi connectivity index (χ1v) is 8.02. The van der Waals surface area contributed by atoms with Gasteiger partial charge in [0.2, 0.25) is 11.8 Å². The van der Waals surface area contributed by atoms with Crippen LogP contribution < -0.4 is 10.5 Å². The van der Waals surface area contributed by atoms with Crippen LogP contribution in [0.3, 0.4) is 0 Å². The van der Waals surface area contributed by atoms with E-state index in [4.69, 9.17) is 10.5 Å². The van der Waals surface area contributed by atoms with Gasteiger partial charge in [-0.3, -0.25) is 19.3 Å². The lowest BCUT2D eigenvalue weighted by molar-refractivity contribution is -0.135. The highest BCUT2D eigenvalue weighted by molar-refractivity contribution is 6.12. The van der Waals surface area contributed by atoms with Gasteiger partial charge in [-0.1, -0.05) is 12.1 Å². The van der Waals surface area contributed by atoms with Gasteiger partial charge in [0.25, 0.3) is 5.91 Å². The first-order chi connectivity index (χ1) is 12.4. The van der Waals surface area contributed by atoms with E-state index in [0.29, 0.717) is 16.9 Å². The quantitative estimate of drug-likeness (QED) is 0.828. The number of nitrogens with zero attached hydrogens (tertiary/aromatic N) is 1. The lowest BCUT2D eigenvalue weighted by Crippen LogP contribution is -2.52. The average molecular weight is 356 g/mol. The largest absolute Gasteiger partial charge is 0.489 e. The second-order valence-electron chi connectivity index (χ2n) is 6.06. The van der Waals surface area contributed by atoms with E-state index in [9.17, 15) is 18.8 Å². The van der Waals surface area contributed by atoms with Crippen molar-refractivity contribution in [1.29, 1.82) is 0 Å². The smallest absolute Gasteiger partial charge is 0.261 e. The number of carbonyl (C=O) groups is 3. The molecule has 0 saturated heterocycles. The van der Waals surface area contributed by atoms with Crippen molar-refractivity contribution in [3.05, 3.63) is 65.0 Å². The molecule has 1 heterocycles. The lowest BCUT2D eigenvalue weighted by atomic mass is 9.97. The van der Waals surface area contributed by atoms with E-state index in [1.807, 2.05) is 0 Å². The summed E-state index contributed by atoms with van der Waals surface area (Å²) in [4.78, 5) is 37.0. The molecule has 2 aromatic carbocycles. The summed E-state index contributed by atoms with van der Waals surface area (Å²) in [5.41, 5.74) is 6.87. The van der Waals surface area contributed by atoms with Gasteiger partial charge in [0.05, 0.1) is 6.42 Å². The summed E-state index contributed by atoms with van der Waals surface area (Å²) in [5, 5.41) is 0. The molecule has 26 heavy (non-hydrogen) atoms. The van der Waals surface area contributed by atoms with Crippen LogP contribution in [-0.2, 0) is 22.6 Å². The molecular weight excluding hydrogens is 339 g/mol. The molecule has 3 rings (SSSR count). The van der Waals surface area contributed by atoms with Crippen molar-refractivity contribution in [2.45, 2.75) is 26.0 Å². The zero-order valence-corrected chi connectivity index (χ0v) is 14.1. The Kier molecular flexibility index (Phi) is 4.71. The maximum absolute atomic E-state index is 12.9. The van der Waals surface area contributed by atoms with Crippen LogP contribution in [0.5, 0.6) is 5.75 Å². The number of fused-ring (bicyclic) bond motifs is 1. The highest BCUT2D eigenvalue weighted by Gasteiger charge is 2.36. The molecule has 6 nitrogen and oxygen atoms in total. The van der Waals surface area contributed by atoms with Crippen molar-refractivity contribution in [2.24, 2.45) is 5.73 Å². The fraction of sp³-hybridized carbons (Fsp3) is 0.211. The van der Waals surface area contributed by atoms with Crippen LogP contribution >= 0.6 is 0 Å². The molecule has 0 aromatic heterocycles. The van der Waals surface area contributed by atoms with E-state index in [2.05, 4.69) is 0 Å². The number of amides is 3. The summed E-state index contributed by atoms with van der Waals surface area (Å²) in [6.45, 7) is 1.65.